The summed E-state index contributed by atoms with van der Waals surface area (Å²) >= 11 is 0. The van der Waals surface area contributed by atoms with E-state index in [1.165, 1.54) is 37.7 Å². The number of hydrogen-bond donors (Lipinski definition) is 2. The van der Waals surface area contributed by atoms with Crippen molar-refractivity contribution in [3.63, 3.8) is 0 Å². The third kappa shape index (κ3) is 4.31. The van der Waals surface area contributed by atoms with E-state index >= 15 is 0 Å². The van der Waals surface area contributed by atoms with E-state index in [9.17, 15) is 4.79 Å². The summed E-state index contributed by atoms with van der Waals surface area (Å²) < 4.78 is 5.91. The predicted molar refractivity (Wildman–Crippen MR) is 87.8 cm³/mol. The lowest BCUT2D eigenvalue weighted by Crippen LogP contribution is -2.43. The molecule has 4 heteroatoms. The molecule has 1 aromatic rings. The van der Waals surface area contributed by atoms with Crippen molar-refractivity contribution in [2.45, 2.75) is 63.7 Å². The van der Waals surface area contributed by atoms with E-state index in [4.69, 9.17) is 4.74 Å². The van der Waals surface area contributed by atoms with Crippen LogP contribution in [-0.4, -0.2) is 24.6 Å². The van der Waals surface area contributed by atoms with Gasteiger partial charge in [-0.2, -0.15) is 0 Å². The molecule has 2 fully saturated rings. The number of anilines is 1. The number of rotatable bonds is 5. The van der Waals surface area contributed by atoms with Gasteiger partial charge < -0.3 is 15.4 Å². The molecule has 0 spiro atoms. The molecule has 1 saturated heterocycles. The molecule has 1 amide bonds. The summed E-state index contributed by atoms with van der Waals surface area (Å²) in [5, 5.41) is 6.26. The fourth-order valence-electron chi connectivity index (χ4n) is 3.26. The Hall–Kier alpha value is -1.39. The molecule has 4 nitrogen and oxygen atoms in total. The molecule has 0 aromatic heterocycles. The van der Waals surface area contributed by atoms with E-state index in [0.717, 1.165) is 25.1 Å². The van der Waals surface area contributed by atoms with Crippen LogP contribution in [0.5, 0.6) is 0 Å². The zero-order chi connectivity index (χ0) is 15.2. The molecule has 22 heavy (non-hydrogen) atoms. The van der Waals surface area contributed by atoms with Crippen LogP contribution in [0.2, 0.25) is 0 Å². The zero-order valence-corrected chi connectivity index (χ0v) is 13.1. The van der Waals surface area contributed by atoms with Gasteiger partial charge in [-0.25, -0.2) is 0 Å². The van der Waals surface area contributed by atoms with Crippen molar-refractivity contribution in [2.75, 3.05) is 11.9 Å². The van der Waals surface area contributed by atoms with E-state index in [1.807, 2.05) is 24.3 Å². The Morgan fingerprint density at radius 2 is 1.82 bits per heavy atom. The number of hydrogen-bond acceptors (Lipinski definition) is 3. The van der Waals surface area contributed by atoms with Gasteiger partial charge in [0, 0.05) is 5.69 Å². The van der Waals surface area contributed by atoms with E-state index in [1.54, 1.807) is 0 Å². The van der Waals surface area contributed by atoms with Crippen molar-refractivity contribution in [1.82, 2.24) is 5.32 Å². The second kappa shape index (κ2) is 7.75. The average Bonchev–Trinajstić information content (AvgIpc) is 3.08. The van der Waals surface area contributed by atoms with Crippen LogP contribution in [0.25, 0.3) is 0 Å². The van der Waals surface area contributed by atoms with Crippen molar-refractivity contribution < 1.29 is 9.53 Å². The Morgan fingerprint density at radius 3 is 2.50 bits per heavy atom. The molecular weight excluding hydrogens is 276 g/mol. The highest BCUT2D eigenvalue weighted by Gasteiger charge is 2.20. The van der Waals surface area contributed by atoms with Gasteiger partial charge in [-0.15, -0.1) is 0 Å². The first-order valence-corrected chi connectivity index (χ1v) is 8.56. The molecule has 1 aliphatic heterocycles. The Labute approximate surface area is 132 Å². The number of carbonyl (C=O) groups excluding carboxylic acids is 1. The Bertz CT molecular complexity index is 474. The van der Waals surface area contributed by atoms with Crippen LogP contribution in [0.4, 0.5) is 5.69 Å². The molecule has 1 atom stereocenters. The molecule has 1 unspecified atom stereocenters. The van der Waals surface area contributed by atoms with Gasteiger partial charge in [0.25, 0.3) is 0 Å². The summed E-state index contributed by atoms with van der Waals surface area (Å²) in [5.41, 5.74) is 2.03. The number of amides is 1. The van der Waals surface area contributed by atoms with Crippen molar-refractivity contribution in [3.8, 4) is 0 Å². The first kappa shape index (κ1) is 15.5. The maximum absolute atomic E-state index is 12.2. The number of piperidine rings is 1. The molecule has 3 rings (SSSR count). The summed E-state index contributed by atoms with van der Waals surface area (Å²) in [4.78, 5) is 12.2. The van der Waals surface area contributed by atoms with Gasteiger partial charge in [0.05, 0.1) is 18.8 Å². The highest BCUT2D eigenvalue weighted by Crippen LogP contribution is 2.22. The standard InChI is InChI=1S/C18H26N2O2/c21-18(17-7-3-4-12-19-17)20-15-10-8-14(9-11-15)13-22-16-5-1-2-6-16/h8-11,16-17,19H,1-7,12-13H2,(H,20,21). The summed E-state index contributed by atoms with van der Waals surface area (Å²) in [6, 6.07) is 7.97. The maximum atomic E-state index is 12.2. The van der Waals surface area contributed by atoms with Gasteiger partial charge in [-0.05, 0) is 49.9 Å². The highest BCUT2D eigenvalue weighted by atomic mass is 16.5. The lowest BCUT2D eigenvalue weighted by molar-refractivity contribution is -0.118. The molecule has 1 aromatic carbocycles. The summed E-state index contributed by atoms with van der Waals surface area (Å²) in [5.74, 6) is 0.0784. The molecular formula is C18H26N2O2. The van der Waals surface area contributed by atoms with Gasteiger partial charge in [0.2, 0.25) is 5.91 Å². The minimum Gasteiger partial charge on any atom is -0.374 e. The summed E-state index contributed by atoms with van der Waals surface area (Å²) in [7, 11) is 0. The summed E-state index contributed by atoms with van der Waals surface area (Å²) in [6.07, 6.45) is 8.65. The maximum Gasteiger partial charge on any atom is 0.241 e. The molecule has 120 valence electrons. The smallest absolute Gasteiger partial charge is 0.241 e. The predicted octanol–water partition coefficient (Wildman–Crippen LogP) is 3.23. The van der Waals surface area contributed by atoms with Crippen LogP contribution in [0, 0.1) is 0 Å². The van der Waals surface area contributed by atoms with Crippen LogP contribution in [0.15, 0.2) is 24.3 Å². The van der Waals surface area contributed by atoms with Gasteiger partial charge in [-0.3, -0.25) is 4.79 Å². The quantitative estimate of drug-likeness (QED) is 0.878. The third-order valence-corrected chi connectivity index (χ3v) is 4.64. The largest absolute Gasteiger partial charge is 0.374 e. The van der Waals surface area contributed by atoms with E-state index in [2.05, 4.69) is 10.6 Å². The minimum atomic E-state index is -0.0425. The van der Waals surface area contributed by atoms with Crippen LogP contribution >= 0.6 is 0 Å². The van der Waals surface area contributed by atoms with Crippen molar-refractivity contribution in [2.24, 2.45) is 0 Å². The van der Waals surface area contributed by atoms with Crippen LogP contribution in [0.3, 0.4) is 0 Å². The molecule has 2 aliphatic rings. The van der Waals surface area contributed by atoms with Crippen molar-refractivity contribution >= 4 is 11.6 Å². The minimum absolute atomic E-state index is 0.0425. The third-order valence-electron chi connectivity index (χ3n) is 4.64. The molecule has 2 N–H and O–H groups in total. The van der Waals surface area contributed by atoms with Gasteiger partial charge in [0.15, 0.2) is 0 Å². The topological polar surface area (TPSA) is 50.4 Å². The lowest BCUT2D eigenvalue weighted by Gasteiger charge is -2.22. The molecule has 0 radical (unpaired) electrons. The number of nitrogens with one attached hydrogen (secondary N) is 2. The van der Waals surface area contributed by atoms with E-state index < -0.39 is 0 Å². The van der Waals surface area contributed by atoms with Crippen LogP contribution in [-0.2, 0) is 16.1 Å². The number of ether oxygens (including phenoxy) is 1. The van der Waals surface area contributed by atoms with Crippen LogP contribution < -0.4 is 10.6 Å². The number of benzene rings is 1. The normalized spacial score (nSPS) is 22.6. The highest BCUT2D eigenvalue weighted by molar-refractivity contribution is 5.94. The van der Waals surface area contributed by atoms with Gasteiger partial charge in [0.1, 0.15) is 0 Å². The van der Waals surface area contributed by atoms with E-state index in [-0.39, 0.29) is 11.9 Å². The fourth-order valence-corrected chi connectivity index (χ4v) is 3.26. The second-order valence-electron chi connectivity index (χ2n) is 6.41. The molecule has 1 heterocycles. The monoisotopic (exact) mass is 302 g/mol. The fraction of sp³-hybridized carbons (Fsp3) is 0.611. The van der Waals surface area contributed by atoms with Gasteiger partial charge in [-0.1, -0.05) is 31.4 Å². The molecule has 1 saturated carbocycles. The Morgan fingerprint density at radius 1 is 1.09 bits per heavy atom. The average molecular weight is 302 g/mol. The van der Waals surface area contributed by atoms with Crippen LogP contribution in [0.1, 0.15) is 50.5 Å². The Balaban J connectivity index is 1.47. The zero-order valence-electron chi connectivity index (χ0n) is 13.1. The summed E-state index contributed by atoms with van der Waals surface area (Å²) in [6.45, 7) is 1.61. The Kier molecular flexibility index (Phi) is 5.46. The van der Waals surface area contributed by atoms with Crippen molar-refractivity contribution in [1.29, 1.82) is 0 Å². The molecule has 1 aliphatic carbocycles. The first-order valence-electron chi connectivity index (χ1n) is 8.56. The second-order valence-corrected chi connectivity index (χ2v) is 6.41. The SMILES string of the molecule is O=C(Nc1ccc(COC2CCCC2)cc1)C1CCCCN1. The number of carbonyl (C=O) groups is 1. The van der Waals surface area contributed by atoms with Gasteiger partial charge >= 0.3 is 0 Å². The molecule has 0 bridgehead atoms. The van der Waals surface area contributed by atoms with Crippen molar-refractivity contribution in [3.05, 3.63) is 29.8 Å². The lowest BCUT2D eigenvalue weighted by atomic mass is 10.0. The van der Waals surface area contributed by atoms with E-state index in [0.29, 0.717) is 12.7 Å². The first-order chi connectivity index (χ1) is 10.8.